The Hall–Kier alpha value is -3.75. The summed E-state index contributed by atoms with van der Waals surface area (Å²) in [5, 5.41) is 9.57. The van der Waals surface area contributed by atoms with Crippen LogP contribution in [0.3, 0.4) is 0 Å². The van der Waals surface area contributed by atoms with Crippen molar-refractivity contribution in [3.63, 3.8) is 0 Å². The van der Waals surface area contributed by atoms with Gasteiger partial charge < -0.3 is 10.1 Å². The molecule has 9 heteroatoms. The van der Waals surface area contributed by atoms with Crippen molar-refractivity contribution in [3.8, 4) is 0 Å². The molecule has 3 amide bonds. The summed E-state index contributed by atoms with van der Waals surface area (Å²) in [5.74, 6) is -1.43. The van der Waals surface area contributed by atoms with Crippen LogP contribution in [0.1, 0.15) is 47.1 Å². The Balaban J connectivity index is 1.63. The van der Waals surface area contributed by atoms with Gasteiger partial charge in [-0.2, -0.15) is 5.10 Å². The van der Waals surface area contributed by atoms with Crippen molar-refractivity contribution in [3.05, 3.63) is 52.8 Å². The maximum absolute atomic E-state index is 12.6. The summed E-state index contributed by atoms with van der Waals surface area (Å²) < 4.78 is 6.83. The number of benzene rings is 1. The molecule has 0 aliphatic rings. The Kier molecular flexibility index (Phi) is 6.33. The molecule has 0 bridgehead atoms. The number of ether oxygens (including phenoxy) is 1. The molecular formula is C22H25N5O4. The van der Waals surface area contributed by atoms with Crippen molar-refractivity contribution in [2.24, 2.45) is 0 Å². The molecule has 2 aromatic heterocycles. The predicted octanol–water partition coefficient (Wildman–Crippen LogP) is 3.44. The Morgan fingerprint density at radius 2 is 1.87 bits per heavy atom. The van der Waals surface area contributed by atoms with Crippen molar-refractivity contribution in [1.29, 1.82) is 0 Å². The van der Waals surface area contributed by atoms with E-state index in [9.17, 15) is 14.4 Å². The van der Waals surface area contributed by atoms with Gasteiger partial charge in [0.2, 0.25) is 0 Å². The van der Waals surface area contributed by atoms with Crippen LogP contribution in [0.15, 0.2) is 30.5 Å². The van der Waals surface area contributed by atoms with E-state index >= 15 is 0 Å². The lowest BCUT2D eigenvalue weighted by atomic mass is 10.1. The number of rotatable bonds is 5. The molecule has 0 saturated carbocycles. The summed E-state index contributed by atoms with van der Waals surface area (Å²) in [6, 6.07) is 6.47. The van der Waals surface area contributed by atoms with Gasteiger partial charge in [0.15, 0.2) is 12.3 Å². The molecule has 162 valence electrons. The van der Waals surface area contributed by atoms with Crippen molar-refractivity contribution in [1.82, 2.24) is 20.1 Å². The maximum atomic E-state index is 12.6. The molecule has 0 radical (unpaired) electrons. The number of esters is 1. The van der Waals surface area contributed by atoms with Crippen LogP contribution in [0.25, 0.3) is 11.0 Å². The van der Waals surface area contributed by atoms with E-state index in [0.717, 1.165) is 11.1 Å². The predicted molar refractivity (Wildman–Crippen MR) is 116 cm³/mol. The molecule has 0 saturated heterocycles. The summed E-state index contributed by atoms with van der Waals surface area (Å²) in [6.07, 6.45) is 1.55. The quantitative estimate of drug-likeness (QED) is 0.608. The Morgan fingerprint density at radius 1 is 1.13 bits per heavy atom. The molecule has 1 aromatic carbocycles. The van der Waals surface area contributed by atoms with Crippen molar-refractivity contribution in [2.45, 2.75) is 40.7 Å². The second-order valence-corrected chi connectivity index (χ2v) is 7.63. The van der Waals surface area contributed by atoms with Gasteiger partial charge in [0.05, 0.1) is 17.1 Å². The summed E-state index contributed by atoms with van der Waals surface area (Å²) in [6.45, 7) is 8.88. The Bertz CT molecular complexity index is 1170. The molecule has 2 heterocycles. The average molecular weight is 423 g/mol. The topological polar surface area (TPSA) is 115 Å². The Labute approximate surface area is 179 Å². The van der Waals surface area contributed by atoms with Gasteiger partial charge in [-0.05, 0) is 52.3 Å². The minimum atomic E-state index is -0.740. The molecule has 3 rings (SSSR count). The summed E-state index contributed by atoms with van der Waals surface area (Å²) >= 11 is 0. The standard InChI is InChI=1S/C22H25N5O4/c1-12(2)27-20-17(10-23-27)16(9-15(5)24-20)21(29)31-11-19(28)26-22(30)25-18-7-6-13(3)8-14(18)4/h6-10,12H,11H2,1-5H3,(H2,25,26,28,30). The average Bonchev–Trinajstić information content (AvgIpc) is 3.11. The Morgan fingerprint density at radius 3 is 2.55 bits per heavy atom. The molecule has 2 N–H and O–H groups in total. The highest BCUT2D eigenvalue weighted by Crippen LogP contribution is 2.21. The van der Waals surface area contributed by atoms with E-state index < -0.39 is 24.5 Å². The molecule has 3 aromatic rings. The number of carbonyl (C=O) groups is 3. The van der Waals surface area contributed by atoms with Crippen molar-refractivity contribution in [2.75, 3.05) is 11.9 Å². The van der Waals surface area contributed by atoms with Crippen LogP contribution in [0.4, 0.5) is 10.5 Å². The van der Waals surface area contributed by atoms with Crippen LogP contribution in [0, 0.1) is 20.8 Å². The number of aromatic nitrogens is 3. The van der Waals surface area contributed by atoms with Gasteiger partial charge in [0.1, 0.15) is 0 Å². The lowest BCUT2D eigenvalue weighted by Gasteiger charge is -2.11. The lowest BCUT2D eigenvalue weighted by Crippen LogP contribution is -2.37. The molecule has 0 unspecified atom stereocenters. The highest BCUT2D eigenvalue weighted by Gasteiger charge is 2.19. The number of hydrogen-bond acceptors (Lipinski definition) is 6. The number of aryl methyl sites for hydroxylation is 3. The van der Waals surface area contributed by atoms with E-state index in [4.69, 9.17) is 4.74 Å². The zero-order valence-electron chi connectivity index (χ0n) is 18.1. The van der Waals surface area contributed by atoms with E-state index in [1.54, 1.807) is 29.9 Å². The minimum absolute atomic E-state index is 0.0668. The van der Waals surface area contributed by atoms with Gasteiger partial charge in [-0.15, -0.1) is 0 Å². The molecule has 0 atom stereocenters. The minimum Gasteiger partial charge on any atom is -0.452 e. The molecular weight excluding hydrogens is 398 g/mol. The number of hydrogen-bond donors (Lipinski definition) is 2. The number of nitrogens with zero attached hydrogens (tertiary/aromatic N) is 3. The number of amides is 3. The van der Waals surface area contributed by atoms with Crippen LogP contribution in [-0.4, -0.2) is 39.3 Å². The highest BCUT2D eigenvalue weighted by atomic mass is 16.5. The SMILES string of the molecule is Cc1ccc(NC(=O)NC(=O)COC(=O)c2cc(C)nc3c2cnn3C(C)C)c(C)c1. The lowest BCUT2D eigenvalue weighted by molar-refractivity contribution is -0.123. The van der Waals surface area contributed by atoms with Gasteiger partial charge in [0.25, 0.3) is 5.91 Å². The fraction of sp³-hybridized carbons (Fsp3) is 0.318. The van der Waals surface area contributed by atoms with Gasteiger partial charge >= 0.3 is 12.0 Å². The number of carbonyl (C=O) groups excluding carboxylic acids is 3. The largest absolute Gasteiger partial charge is 0.452 e. The fourth-order valence-corrected chi connectivity index (χ4v) is 3.17. The first kappa shape index (κ1) is 21.9. The first-order valence-electron chi connectivity index (χ1n) is 9.85. The van der Waals surface area contributed by atoms with E-state index in [1.807, 2.05) is 39.8 Å². The summed E-state index contributed by atoms with van der Waals surface area (Å²) in [5.41, 5.74) is 3.98. The van der Waals surface area contributed by atoms with E-state index in [-0.39, 0.29) is 11.6 Å². The number of nitrogens with one attached hydrogen (secondary N) is 2. The molecule has 0 aliphatic heterocycles. The van der Waals surface area contributed by atoms with Gasteiger partial charge in [-0.25, -0.2) is 19.3 Å². The van der Waals surface area contributed by atoms with Crippen LogP contribution in [0.5, 0.6) is 0 Å². The van der Waals surface area contributed by atoms with Crippen LogP contribution >= 0.6 is 0 Å². The van der Waals surface area contributed by atoms with Crippen LogP contribution < -0.4 is 10.6 Å². The van der Waals surface area contributed by atoms with Crippen molar-refractivity contribution >= 4 is 34.6 Å². The number of anilines is 1. The molecule has 0 aliphatic carbocycles. The van der Waals surface area contributed by atoms with Gasteiger partial charge in [-0.3, -0.25) is 10.1 Å². The third kappa shape index (κ3) is 5.06. The number of pyridine rings is 1. The fourth-order valence-electron chi connectivity index (χ4n) is 3.17. The van der Waals surface area contributed by atoms with Crippen LogP contribution in [-0.2, 0) is 9.53 Å². The number of fused-ring (bicyclic) bond motifs is 1. The normalized spacial score (nSPS) is 10.9. The van der Waals surface area contributed by atoms with Gasteiger partial charge in [0, 0.05) is 17.4 Å². The van der Waals surface area contributed by atoms with E-state index in [2.05, 4.69) is 20.7 Å². The van der Waals surface area contributed by atoms with E-state index in [0.29, 0.717) is 22.4 Å². The first-order valence-corrected chi connectivity index (χ1v) is 9.85. The zero-order valence-corrected chi connectivity index (χ0v) is 18.1. The maximum Gasteiger partial charge on any atom is 0.339 e. The number of urea groups is 1. The number of imide groups is 1. The second-order valence-electron chi connectivity index (χ2n) is 7.63. The van der Waals surface area contributed by atoms with Crippen molar-refractivity contribution < 1.29 is 19.1 Å². The van der Waals surface area contributed by atoms with E-state index in [1.165, 1.54) is 0 Å². The van der Waals surface area contributed by atoms with Gasteiger partial charge in [-0.1, -0.05) is 17.7 Å². The third-order valence-electron chi connectivity index (χ3n) is 4.62. The third-order valence-corrected chi connectivity index (χ3v) is 4.62. The molecule has 9 nitrogen and oxygen atoms in total. The van der Waals surface area contributed by atoms with Crippen LogP contribution in [0.2, 0.25) is 0 Å². The molecule has 0 fully saturated rings. The first-order chi connectivity index (χ1) is 14.7. The monoisotopic (exact) mass is 423 g/mol. The smallest absolute Gasteiger partial charge is 0.339 e. The molecule has 0 spiro atoms. The summed E-state index contributed by atoms with van der Waals surface area (Å²) in [7, 11) is 0. The molecule has 31 heavy (non-hydrogen) atoms. The zero-order chi connectivity index (χ0) is 22.7. The summed E-state index contributed by atoms with van der Waals surface area (Å²) in [4.78, 5) is 41.1. The second kappa shape index (κ2) is 8.95. The highest BCUT2D eigenvalue weighted by molar-refractivity contribution is 6.05.